The molecule has 0 saturated carbocycles. The van der Waals surface area contributed by atoms with Crippen LogP contribution in [0.15, 0.2) is 72.9 Å². The van der Waals surface area contributed by atoms with E-state index in [4.69, 9.17) is 0 Å². The molecule has 8 heteroatoms. The van der Waals surface area contributed by atoms with Crippen LogP contribution in [0.5, 0.6) is 0 Å². The summed E-state index contributed by atoms with van der Waals surface area (Å²) in [4.78, 5) is 28.9. The zero-order valence-corrected chi connectivity index (χ0v) is 19.8. The molecule has 0 amide bonds. The van der Waals surface area contributed by atoms with E-state index in [1.54, 1.807) is 57.2 Å². The second-order valence-corrected chi connectivity index (χ2v) is 3.61. The van der Waals surface area contributed by atoms with Crippen molar-refractivity contribution in [3.63, 3.8) is 0 Å². The first-order valence-electron chi connectivity index (χ1n) is 6.82. The largest absolute Gasteiger partial charge is 2.00 e. The SMILES string of the molecule is CC=CC=CC(=O)[O-].CC=CC=CC(=O)[O-].CC=CC=CC(=O)[O-].[Ca+2].[Na+]. The Kier molecular flexibility index (Phi) is 44.2. The minimum Gasteiger partial charge on any atom is -0.545 e. The Morgan fingerprint density at radius 1 is 0.538 bits per heavy atom. The fraction of sp³-hybridized carbons (Fsp3) is 0.167. The number of carboxylic acids is 3. The first-order valence-corrected chi connectivity index (χ1v) is 6.82. The summed E-state index contributed by atoms with van der Waals surface area (Å²) < 4.78 is 0. The van der Waals surface area contributed by atoms with Crippen molar-refractivity contribution in [2.45, 2.75) is 20.8 Å². The van der Waals surface area contributed by atoms with Gasteiger partial charge in [0.2, 0.25) is 0 Å². The molecule has 0 fully saturated rings. The number of rotatable bonds is 6. The van der Waals surface area contributed by atoms with E-state index in [2.05, 4.69) is 0 Å². The first-order chi connectivity index (χ1) is 11.3. The van der Waals surface area contributed by atoms with Gasteiger partial charge in [-0.2, -0.15) is 0 Å². The van der Waals surface area contributed by atoms with Crippen LogP contribution in [-0.4, -0.2) is 55.6 Å². The predicted octanol–water partition coefficient (Wildman–Crippen LogP) is -3.77. The van der Waals surface area contributed by atoms with Crippen LogP contribution in [0.4, 0.5) is 0 Å². The van der Waals surface area contributed by atoms with E-state index in [0.29, 0.717) is 0 Å². The third-order valence-electron chi connectivity index (χ3n) is 1.61. The summed E-state index contributed by atoms with van der Waals surface area (Å²) >= 11 is 0. The van der Waals surface area contributed by atoms with Crippen LogP contribution in [0.3, 0.4) is 0 Å². The zero-order chi connectivity index (χ0) is 19.2. The van der Waals surface area contributed by atoms with Crippen LogP contribution in [0.25, 0.3) is 0 Å². The Labute approximate surface area is 206 Å². The summed E-state index contributed by atoms with van der Waals surface area (Å²) in [5.41, 5.74) is 0. The normalized spacial score (nSPS) is 10.3. The maximum atomic E-state index is 9.64. The van der Waals surface area contributed by atoms with Gasteiger partial charge < -0.3 is 29.7 Å². The number of hydrogen-bond donors (Lipinski definition) is 0. The molecular formula is C18H21CaNaO6. The van der Waals surface area contributed by atoms with Gasteiger partial charge in [0.05, 0.1) is 17.9 Å². The van der Waals surface area contributed by atoms with Gasteiger partial charge in [-0.05, 0) is 39.0 Å². The minimum atomic E-state index is -1.16. The van der Waals surface area contributed by atoms with Crippen molar-refractivity contribution >= 4 is 55.6 Å². The van der Waals surface area contributed by atoms with E-state index < -0.39 is 17.9 Å². The Morgan fingerprint density at radius 3 is 0.846 bits per heavy atom. The minimum absolute atomic E-state index is 0. The van der Waals surface area contributed by atoms with Crippen LogP contribution in [0.2, 0.25) is 0 Å². The first kappa shape index (κ1) is 36.1. The second kappa shape index (κ2) is 31.8. The standard InChI is InChI=1S/3C6H8O2.Ca.Na/c3*1-2-3-4-5-6(7)8;;/h3*2-5H,1H3,(H,7,8);;/q;;;+2;+1/p-3. The summed E-state index contributed by atoms with van der Waals surface area (Å²) in [6.45, 7) is 5.42. The molecule has 0 spiro atoms. The molecule has 0 aromatic heterocycles. The third kappa shape index (κ3) is 56.7. The van der Waals surface area contributed by atoms with E-state index in [1.807, 2.05) is 0 Å². The van der Waals surface area contributed by atoms with Crippen LogP contribution >= 0.6 is 0 Å². The van der Waals surface area contributed by atoms with Crippen LogP contribution in [0, 0.1) is 0 Å². The average molecular weight is 396 g/mol. The van der Waals surface area contributed by atoms with Gasteiger partial charge in [0, 0.05) is 0 Å². The molecule has 0 atom stereocenters. The molecule has 0 aliphatic carbocycles. The smallest absolute Gasteiger partial charge is 0.545 e. The molecule has 0 unspecified atom stereocenters. The summed E-state index contributed by atoms with van der Waals surface area (Å²) in [6.07, 6.45) is 17.2. The van der Waals surface area contributed by atoms with Crippen LogP contribution < -0.4 is 44.9 Å². The molecule has 0 aromatic carbocycles. The molecule has 0 bridgehead atoms. The van der Waals surface area contributed by atoms with Gasteiger partial charge in [-0.3, -0.25) is 0 Å². The average Bonchev–Trinajstić information content (AvgIpc) is 2.48. The van der Waals surface area contributed by atoms with Crippen molar-refractivity contribution < 1.29 is 59.3 Å². The van der Waals surface area contributed by atoms with E-state index in [1.165, 1.54) is 18.2 Å². The van der Waals surface area contributed by atoms with Gasteiger partial charge in [-0.25, -0.2) is 0 Å². The Hall–Kier alpha value is -0.890. The van der Waals surface area contributed by atoms with Crippen LogP contribution in [0.1, 0.15) is 20.8 Å². The van der Waals surface area contributed by atoms with Gasteiger partial charge in [0.25, 0.3) is 0 Å². The topological polar surface area (TPSA) is 120 Å². The summed E-state index contributed by atoms with van der Waals surface area (Å²) in [5.74, 6) is -3.49. The van der Waals surface area contributed by atoms with Crippen molar-refractivity contribution in [1.29, 1.82) is 0 Å². The molecule has 0 rings (SSSR count). The van der Waals surface area contributed by atoms with Crippen molar-refractivity contribution in [3.8, 4) is 0 Å². The zero-order valence-electron chi connectivity index (χ0n) is 15.6. The number of aliphatic carboxylic acids is 3. The van der Waals surface area contributed by atoms with E-state index in [0.717, 1.165) is 18.2 Å². The predicted molar refractivity (Wildman–Crippen MR) is 92.6 cm³/mol. The van der Waals surface area contributed by atoms with E-state index in [9.17, 15) is 29.7 Å². The fourth-order valence-electron chi connectivity index (χ4n) is 0.736. The maximum absolute atomic E-state index is 9.64. The quantitative estimate of drug-likeness (QED) is 0.258. The van der Waals surface area contributed by atoms with Crippen molar-refractivity contribution in [2.75, 3.05) is 0 Å². The Balaban J connectivity index is -0.0000000817. The number of carbonyl (C=O) groups excluding carboxylic acids is 3. The summed E-state index contributed by atoms with van der Waals surface area (Å²) in [6, 6.07) is 0. The molecule has 0 radical (unpaired) electrons. The number of carbonyl (C=O) groups is 3. The molecule has 26 heavy (non-hydrogen) atoms. The van der Waals surface area contributed by atoms with Gasteiger partial charge in [-0.15, -0.1) is 0 Å². The summed E-state index contributed by atoms with van der Waals surface area (Å²) in [5, 5.41) is 28.9. The van der Waals surface area contributed by atoms with E-state index in [-0.39, 0.29) is 67.3 Å². The van der Waals surface area contributed by atoms with Crippen molar-refractivity contribution in [3.05, 3.63) is 72.9 Å². The van der Waals surface area contributed by atoms with Crippen molar-refractivity contribution in [2.24, 2.45) is 0 Å². The molecule has 0 N–H and O–H groups in total. The van der Waals surface area contributed by atoms with E-state index >= 15 is 0 Å². The Bertz CT molecular complexity index is 456. The van der Waals surface area contributed by atoms with Gasteiger partial charge in [-0.1, -0.05) is 54.7 Å². The molecule has 0 saturated heterocycles. The molecule has 6 nitrogen and oxygen atoms in total. The monoisotopic (exact) mass is 396 g/mol. The van der Waals surface area contributed by atoms with Crippen LogP contribution in [-0.2, 0) is 14.4 Å². The Morgan fingerprint density at radius 2 is 0.731 bits per heavy atom. The number of allylic oxidation sites excluding steroid dienone is 9. The second-order valence-electron chi connectivity index (χ2n) is 3.61. The molecular weight excluding hydrogens is 375 g/mol. The number of carboxylic acid groups (broad SMARTS) is 3. The summed E-state index contributed by atoms with van der Waals surface area (Å²) in [7, 11) is 0. The van der Waals surface area contributed by atoms with Crippen molar-refractivity contribution in [1.82, 2.24) is 0 Å². The van der Waals surface area contributed by atoms with Gasteiger partial charge in [0.15, 0.2) is 0 Å². The number of hydrogen-bond acceptors (Lipinski definition) is 6. The molecule has 0 aliphatic heterocycles. The molecule has 0 aromatic rings. The third-order valence-corrected chi connectivity index (χ3v) is 1.61. The molecule has 132 valence electrons. The molecule has 0 aliphatic rings. The van der Waals surface area contributed by atoms with Gasteiger partial charge in [0.1, 0.15) is 0 Å². The maximum Gasteiger partial charge on any atom is 2.00 e. The van der Waals surface area contributed by atoms with Gasteiger partial charge >= 0.3 is 67.3 Å². The fourth-order valence-corrected chi connectivity index (χ4v) is 0.736. The molecule has 0 heterocycles.